The van der Waals surface area contributed by atoms with Crippen LogP contribution in [0, 0.1) is 24.3 Å². The molecule has 0 bridgehead atoms. The summed E-state index contributed by atoms with van der Waals surface area (Å²) in [5.41, 5.74) is 16.6. The summed E-state index contributed by atoms with van der Waals surface area (Å²) in [5.74, 6) is 6.99. The molecule has 4 aromatic carbocycles. The van der Waals surface area contributed by atoms with E-state index in [0.29, 0.717) is 71.0 Å². The van der Waals surface area contributed by atoms with Crippen LogP contribution >= 0.6 is 0 Å². The van der Waals surface area contributed by atoms with Crippen molar-refractivity contribution in [2.45, 2.75) is 237 Å². The molecular weight excluding hydrogens is 958 g/mol. The minimum atomic E-state index is 0. The Balaban J connectivity index is -0.000000367. The maximum atomic E-state index is 3.54. The van der Waals surface area contributed by atoms with Crippen LogP contribution in [0.4, 0.5) is 0 Å². The van der Waals surface area contributed by atoms with Crippen LogP contribution in [-0.4, -0.2) is 47.8 Å². The van der Waals surface area contributed by atoms with Gasteiger partial charge in [-0.25, -0.2) is 0 Å². The van der Waals surface area contributed by atoms with Gasteiger partial charge in [-0.1, -0.05) is 215 Å². The normalized spacial score (nSPS) is 11.4. The quantitative estimate of drug-likeness (QED) is 0.124. The summed E-state index contributed by atoms with van der Waals surface area (Å²) in [6.07, 6.45) is 0. The molecule has 62 heavy (non-hydrogen) atoms. The maximum Gasteiger partial charge on any atom is 0 e. The fourth-order valence-electron chi connectivity index (χ4n) is 6.38. The summed E-state index contributed by atoms with van der Waals surface area (Å²) in [6.45, 7) is 53.8. The molecule has 0 N–H and O–H groups in total. The molecule has 0 spiro atoms. The second-order valence-electron chi connectivity index (χ2n) is 21.2. The summed E-state index contributed by atoms with van der Waals surface area (Å²) in [6, 6.07) is 32.6. The topological polar surface area (TPSA) is 0 Å². The van der Waals surface area contributed by atoms with Crippen molar-refractivity contribution in [2.75, 3.05) is 0 Å². The van der Waals surface area contributed by atoms with E-state index in [-0.39, 0.29) is 50.7 Å². The molecule has 0 saturated carbocycles. The van der Waals surface area contributed by atoms with Gasteiger partial charge in [0.2, 0.25) is 0 Å². The third kappa shape index (κ3) is 21.6. The van der Waals surface area contributed by atoms with Crippen molar-refractivity contribution in [3.63, 3.8) is 0 Å². The van der Waals surface area contributed by atoms with Crippen LogP contribution in [0.5, 0.6) is 0 Å². The average molecular weight is 1050 g/mol. The van der Waals surface area contributed by atoms with Gasteiger partial charge < -0.3 is 0 Å². The minimum absolute atomic E-state index is 0. The molecule has 0 amide bonds. The first-order valence-corrected chi connectivity index (χ1v) is 23.9. The van der Waals surface area contributed by atoms with Crippen molar-refractivity contribution < 1.29 is 2.85 Å². The van der Waals surface area contributed by atoms with Gasteiger partial charge in [-0.3, -0.25) is 0 Å². The SMILES string of the molecule is CC(C)c1[c]c(C(C)C)cc(C(C)C)c1.CC(C)c1[c]c(C(C)C)cc(C(C)C)c1.CC(C)c1[c]c(C(C)C)cc(C(C)C)c1.CC(C)c1[c]c(C(C)C)cc(C(C)C)c1.[HH].[HH].[Sn].[Sn]. The molecule has 0 nitrogen and oxygen atoms in total. The van der Waals surface area contributed by atoms with E-state index in [0.717, 1.165) is 0 Å². The first-order valence-electron chi connectivity index (χ1n) is 23.9. The van der Waals surface area contributed by atoms with Crippen molar-refractivity contribution in [3.05, 3.63) is 140 Å². The molecule has 0 aliphatic carbocycles. The minimum Gasteiger partial charge on any atom is -0.0587 e. The van der Waals surface area contributed by atoms with E-state index in [1.165, 1.54) is 66.8 Å². The molecule has 0 aromatic heterocycles. The van der Waals surface area contributed by atoms with Gasteiger partial charge >= 0.3 is 0 Å². The Morgan fingerprint density at radius 1 is 0.210 bits per heavy atom. The molecule has 0 heterocycles. The van der Waals surface area contributed by atoms with Crippen molar-refractivity contribution in [1.29, 1.82) is 0 Å². The zero-order valence-electron chi connectivity index (χ0n) is 44.5. The summed E-state index contributed by atoms with van der Waals surface area (Å²) < 4.78 is 0. The van der Waals surface area contributed by atoms with Crippen molar-refractivity contribution in [3.8, 4) is 0 Å². The third-order valence-corrected chi connectivity index (χ3v) is 11.4. The predicted molar refractivity (Wildman–Crippen MR) is 286 cm³/mol. The van der Waals surface area contributed by atoms with Crippen LogP contribution in [0.15, 0.2) is 48.5 Å². The van der Waals surface area contributed by atoms with Gasteiger partial charge in [0.15, 0.2) is 0 Å². The maximum absolute atomic E-state index is 3.54. The molecule has 0 aliphatic heterocycles. The van der Waals surface area contributed by atoms with Gasteiger partial charge in [-0.05, 0) is 162 Å². The van der Waals surface area contributed by atoms with E-state index in [1.54, 1.807) is 0 Å². The predicted octanol–water partition coefficient (Wildman–Crippen LogP) is 19.2. The van der Waals surface area contributed by atoms with Gasteiger partial charge in [0.05, 0.1) is 0 Å². The second-order valence-corrected chi connectivity index (χ2v) is 21.2. The molecule has 0 atom stereocenters. The van der Waals surface area contributed by atoms with Crippen LogP contribution < -0.4 is 0 Å². The third-order valence-electron chi connectivity index (χ3n) is 11.4. The largest absolute Gasteiger partial charge is 0.0587 e. The summed E-state index contributed by atoms with van der Waals surface area (Å²) in [4.78, 5) is 0. The zero-order valence-corrected chi connectivity index (χ0v) is 50.3. The Labute approximate surface area is 424 Å². The standard InChI is InChI=1S/4C15H23.2Sn.2H2/c4*1-10(2)13-7-14(11(3)4)9-15(8-13)12(5)6;;;;/h4*7-8,10-12H,1-6H3;;;2*1H. The summed E-state index contributed by atoms with van der Waals surface area (Å²) >= 11 is 0. The smallest absolute Gasteiger partial charge is 0 e. The zero-order chi connectivity index (χ0) is 46.3. The Bertz CT molecular complexity index is 1310. The van der Waals surface area contributed by atoms with Gasteiger partial charge in [0.1, 0.15) is 0 Å². The molecule has 12 radical (unpaired) electrons. The van der Waals surface area contributed by atoms with E-state index in [2.05, 4.69) is 239 Å². The molecule has 0 saturated heterocycles. The molecule has 0 fully saturated rings. The molecule has 0 unspecified atom stereocenters. The molecule has 4 rings (SSSR count). The summed E-state index contributed by atoms with van der Waals surface area (Å²) in [7, 11) is 0. The van der Waals surface area contributed by atoms with E-state index >= 15 is 0 Å². The van der Waals surface area contributed by atoms with Crippen LogP contribution in [0.25, 0.3) is 0 Å². The van der Waals surface area contributed by atoms with Crippen LogP contribution in [0.1, 0.15) is 307 Å². The van der Waals surface area contributed by atoms with Crippen LogP contribution in [0.3, 0.4) is 0 Å². The Morgan fingerprint density at radius 2 is 0.306 bits per heavy atom. The van der Waals surface area contributed by atoms with Gasteiger partial charge in [0, 0.05) is 50.7 Å². The molecule has 0 aliphatic rings. The van der Waals surface area contributed by atoms with E-state index in [1.807, 2.05) is 0 Å². The Kier molecular flexibility index (Phi) is 30.2. The monoisotopic (exact) mass is 1060 g/mol. The molecule has 344 valence electrons. The van der Waals surface area contributed by atoms with E-state index in [9.17, 15) is 0 Å². The second kappa shape index (κ2) is 29.9. The summed E-state index contributed by atoms with van der Waals surface area (Å²) in [5, 5.41) is 0. The van der Waals surface area contributed by atoms with Crippen molar-refractivity contribution >= 4 is 47.8 Å². The molecule has 4 aromatic rings. The number of hydrogen-bond donors (Lipinski definition) is 0. The van der Waals surface area contributed by atoms with Gasteiger partial charge in [-0.15, -0.1) is 0 Å². The number of benzene rings is 4. The molecule has 2 heteroatoms. The van der Waals surface area contributed by atoms with Crippen molar-refractivity contribution in [1.82, 2.24) is 0 Å². The Hall–Kier alpha value is -1.52. The fraction of sp³-hybridized carbons (Fsp3) is 0.600. The first kappa shape index (κ1) is 62.6. The van der Waals surface area contributed by atoms with E-state index in [4.69, 9.17) is 0 Å². The van der Waals surface area contributed by atoms with Gasteiger partial charge in [0.25, 0.3) is 0 Å². The van der Waals surface area contributed by atoms with Crippen LogP contribution in [0.2, 0.25) is 0 Å². The number of hydrogen-bond acceptors (Lipinski definition) is 0. The fourth-order valence-corrected chi connectivity index (χ4v) is 6.38. The first-order chi connectivity index (χ1) is 27.7. The average Bonchev–Trinajstić information content (AvgIpc) is 3.17. The van der Waals surface area contributed by atoms with Crippen molar-refractivity contribution in [2.24, 2.45) is 0 Å². The van der Waals surface area contributed by atoms with Gasteiger partial charge in [-0.2, -0.15) is 0 Å². The Morgan fingerprint density at radius 3 is 0.371 bits per heavy atom. The van der Waals surface area contributed by atoms with Crippen LogP contribution in [-0.2, 0) is 0 Å². The number of rotatable bonds is 12. The molecular formula is C60H96Sn2. The van der Waals surface area contributed by atoms with E-state index < -0.39 is 0 Å².